The van der Waals surface area contributed by atoms with Crippen LogP contribution in [0.25, 0.3) is 0 Å². The average molecular weight is 203 g/mol. The van der Waals surface area contributed by atoms with Gasteiger partial charge in [0.05, 0.1) is 0 Å². The molecule has 1 aromatic rings. The van der Waals surface area contributed by atoms with Crippen LogP contribution in [0.3, 0.4) is 0 Å². The molecule has 2 atom stereocenters. The number of nitrogens with one attached hydrogen (secondary N) is 1. The van der Waals surface area contributed by atoms with Gasteiger partial charge in [0.15, 0.2) is 0 Å². The number of hydrogen-bond acceptors (Lipinski definition) is 1. The fraction of sp³-hybridized carbons (Fsp3) is 0.571. The minimum Gasteiger partial charge on any atom is -0.310 e. The highest BCUT2D eigenvalue weighted by molar-refractivity contribution is 5.14. The van der Waals surface area contributed by atoms with Crippen LogP contribution in [0.5, 0.6) is 0 Å². The van der Waals surface area contributed by atoms with Gasteiger partial charge >= 0.3 is 0 Å². The summed E-state index contributed by atoms with van der Waals surface area (Å²) in [6.45, 7) is 3.34. The van der Waals surface area contributed by atoms with Crippen molar-refractivity contribution in [3.8, 4) is 0 Å². The van der Waals surface area contributed by atoms with Crippen molar-refractivity contribution in [2.24, 2.45) is 5.92 Å². The highest BCUT2D eigenvalue weighted by Crippen LogP contribution is 2.28. The van der Waals surface area contributed by atoms with Gasteiger partial charge in [-0.25, -0.2) is 0 Å². The van der Waals surface area contributed by atoms with Crippen molar-refractivity contribution >= 4 is 0 Å². The monoisotopic (exact) mass is 203 g/mol. The van der Waals surface area contributed by atoms with Crippen LogP contribution >= 0.6 is 0 Å². The van der Waals surface area contributed by atoms with E-state index in [1.54, 1.807) is 0 Å². The van der Waals surface area contributed by atoms with Crippen molar-refractivity contribution < 1.29 is 0 Å². The lowest BCUT2D eigenvalue weighted by atomic mass is 10.0. The van der Waals surface area contributed by atoms with Gasteiger partial charge in [-0.3, -0.25) is 0 Å². The van der Waals surface area contributed by atoms with E-state index >= 15 is 0 Å². The minimum absolute atomic E-state index is 0.759. The van der Waals surface area contributed by atoms with E-state index in [0.717, 1.165) is 18.5 Å². The zero-order valence-corrected chi connectivity index (χ0v) is 9.58. The summed E-state index contributed by atoms with van der Waals surface area (Å²) in [4.78, 5) is 0. The smallest absolute Gasteiger partial charge is 0.0208 e. The fourth-order valence-electron chi connectivity index (χ4n) is 2.64. The number of hydrogen-bond donors (Lipinski definition) is 1. The van der Waals surface area contributed by atoms with E-state index in [4.69, 9.17) is 0 Å². The maximum atomic E-state index is 3.70. The first kappa shape index (κ1) is 10.7. The summed E-state index contributed by atoms with van der Waals surface area (Å²) in [6, 6.07) is 11.5. The molecule has 0 amide bonds. The van der Waals surface area contributed by atoms with Crippen LogP contribution in [0, 0.1) is 5.92 Å². The normalized spacial score (nSPS) is 25.7. The van der Waals surface area contributed by atoms with Crippen LogP contribution in [0.2, 0.25) is 0 Å². The molecule has 0 spiro atoms. The SMILES string of the molecule is CCC1CCCC1NCc1ccccc1. The van der Waals surface area contributed by atoms with Crippen molar-refractivity contribution in [2.45, 2.75) is 45.2 Å². The number of benzene rings is 1. The van der Waals surface area contributed by atoms with Gasteiger partial charge in [0, 0.05) is 12.6 Å². The van der Waals surface area contributed by atoms with Gasteiger partial charge in [0.1, 0.15) is 0 Å². The third-order valence-corrected chi connectivity index (χ3v) is 3.59. The Kier molecular flexibility index (Phi) is 3.79. The molecule has 0 bridgehead atoms. The second-order valence-electron chi connectivity index (χ2n) is 4.57. The van der Waals surface area contributed by atoms with Crippen LogP contribution in [0.4, 0.5) is 0 Å². The van der Waals surface area contributed by atoms with Crippen molar-refractivity contribution in [3.05, 3.63) is 35.9 Å². The summed E-state index contributed by atoms with van der Waals surface area (Å²) in [5.74, 6) is 0.911. The van der Waals surface area contributed by atoms with Crippen LogP contribution in [0.15, 0.2) is 30.3 Å². The second-order valence-corrected chi connectivity index (χ2v) is 4.57. The zero-order chi connectivity index (χ0) is 10.5. The molecule has 0 heterocycles. The van der Waals surface area contributed by atoms with Crippen molar-refractivity contribution in [2.75, 3.05) is 0 Å². The van der Waals surface area contributed by atoms with E-state index in [2.05, 4.69) is 42.6 Å². The molecule has 1 nitrogen and oxygen atoms in total. The summed E-state index contributed by atoms with van der Waals surface area (Å²) < 4.78 is 0. The van der Waals surface area contributed by atoms with E-state index in [1.165, 1.54) is 31.2 Å². The van der Waals surface area contributed by atoms with Crippen molar-refractivity contribution in [1.29, 1.82) is 0 Å². The molecule has 0 aliphatic heterocycles. The molecule has 1 heteroatoms. The predicted molar refractivity (Wildman–Crippen MR) is 64.7 cm³/mol. The Morgan fingerprint density at radius 2 is 2.00 bits per heavy atom. The van der Waals surface area contributed by atoms with Gasteiger partial charge in [0.25, 0.3) is 0 Å². The Morgan fingerprint density at radius 3 is 2.73 bits per heavy atom. The highest BCUT2D eigenvalue weighted by atomic mass is 14.9. The molecule has 2 unspecified atom stereocenters. The molecule has 1 aromatic carbocycles. The van der Waals surface area contributed by atoms with Crippen LogP contribution in [-0.2, 0) is 6.54 Å². The molecule has 0 aromatic heterocycles. The van der Waals surface area contributed by atoms with Gasteiger partial charge in [-0.05, 0) is 24.3 Å². The van der Waals surface area contributed by atoms with Gasteiger partial charge < -0.3 is 5.32 Å². The summed E-state index contributed by atoms with van der Waals surface area (Å²) >= 11 is 0. The predicted octanol–water partition coefficient (Wildman–Crippen LogP) is 3.35. The molecule has 0 radical (unpaired) electrons. The quantitative estimate of drug-likeness (QED) is 0.791. The molecule has 1 N–H and O–H groups in total. The van der Waals surface area contributed by atoms with Crippen molar-refractivity contribution in [3.63, 3.8) is 0 Å². The second kappa shape index (κ2) is 5.32. The van der Waals surface area contributed by atoms with Crippen LogP contribution in [-0.4, -0.2) is 6.04 Å². The van der Waals surface area contributed by atoms with Gasteiger partial charge in [-0.15, -0.1) is 0 Å². The number of rotatable bonds is 4. The molecule has 1 saturated carbocycles. The lowest BCUT2D eigenvalue weighted by Gasteiger charge is -2.19. The highest BCUT2D eigenvalue weighted by Gasteiger charge is 2.24. The molecule has 15 heavy (non-hydrogen) atoms. The molecule has 1 fully saturated rings. The summed E-state index contributed by atoms with van der Waals surface area (Å²) in [5, 5.41) is 3.70. The molecule has 1 aliphatic rings. The standard InChI is InChI=1S/C14H21N/c1-2-13-9-6-10-14(13)15-11-12-7-4-3-5-8-12/h3-5,7-8,13-15H,2,6,9-11H2,1H3. The van der Waals surface area contributed by atoms with Crippen molar-refractivity contribution in [1.82, 2.24) is 5.32 Å². The Labute approximate surface area is 92.9 Å². The molecular weight excluding hydrogens is 182 g/mol. The molecular formula is C14H21N. The minimum atomic E-state index is 0.759. The van der Waals surface area contributed by atoms with E-state index < -0.39 is 0 Å². The van der Waals surface area contributed by atoms with Crippen LogP contribution < -0.4 is 5.32 Å². The van der Waals surface area contributed by atoms with E-state index in [0.29, 0.717) is 0 Å². The Bertz CT molecular complexity index is 281. The topological polar surface area (TPSA) is 12.0 Å². The molecule has 82 valence electrons. The average Bonchev–Trinajstić information content (AvgIpc) is 2.75. The summed E-state index contributed by atoms with van der Waals surface area (Å²) in [5.41, 5.74) is 1.40. The Hall–Kier alpha value is -0.820. The molecule has 1 aliphatic carbocycles. The lowest BCUT2D eigenvalue weighted by molar-refractivity contribution is 0.389. The fourth-order valence-corrected chi connectivity index (χ4v) is 2.64. The molecule has 2 rings (SSSR count). The van der Waals surface area contributed by atoms with Crippen LogP contribution in [0.1, 0.15) is 38.2 Å². The first-order chi connectivity index (χ1) is 7.40. The maximum absolute atomic E-state index is 3.70. The van der Waals surface area contributed by atoms with Gasteiger partial charge in [-0.2, -0.15) is 0 Å². The summed E-state index contributed by atoms with van der Waals surface area (Å²) in [7, 11) is 0. The van der Waals surface area contributed by atoms with E-state index in [9.17, 15) is 0 Å². The van der Waals surface area contributed by atoms with Gasteiger partial charge in [-0.1, -0.05) is 50.1 Å². The largest absolute Gasteiger partial charge is 0.310 e. The Morgan fingerprint density at radius 1 is 1.20 bits per heavy atom. The molecule has 0 saturated heterocycles. The first-order valence-corrected chi connectivity index (χ1v) is 6.17. The van der Waals surface area contributed by atoms with E-state index in [1.807, 2.05) is 0 Å². The lowest BCUT2D eigenvalue weighted by Crippen LogP contribution is -2.31. The zero-order valence-electron chi connectivity index (χ0n) is 9.58. The maximum Gasteiger partial charge on any atom is 0.0208 e. The summed E-state index contributed by atoms with van der Waals surface area (Å²) in [6.07, 6.45) is 5.52. The first-order valence-electron chi connectivity index (χ1n) is 6.17. The third kappa shape index (κ3) is 2.82. The van der Waals surface area contributed by atoms with Gasteiger partial charge in [0.2, 0.25) is 0 Å². The Balaban J connectivity index is 1.83. The third-order valence-electron chi connectivity index (χ3n) is 3.59. The van der Waals surface area contributed by atoms with E-state index in [-0.39, 0.29) is 0 Å².